The number of phenolic OH excluding ortho intramolecular Hbond substituents is 4. The molecule has 39 heavy (non-hydrogen) atoms. The van der Waals surface area contributed by atoms with Crippen LogP contribution in [0.25, 0.3) is 0 Å². The van der Waals surface area contributed by atoms with Crippen LogP contribution >= 0.6 is 0 Å². The molecule has 0 saturated heterocycles. The van der Waals surface area contributed by atoms with E-state index < -0.39 is 0 Å². The van der Waals surface area contributed by atoms with Crippen molar-refractivity contribution in [2.45, 2.75) is 74.7 Å². The first-order valence-corrected chi connectivity index (χ1v) is 13.5. The van der Waals surface area contributed by atoms with Crippen LogP contribution in [0.2, 0.25) is 0 Å². The average Bonchev–Trinajstić information content (AvgIpc) is 2.86. The van der Waals surface area contributed by atoms with Crippen LogP contribution in [0.3, 0.4) is 0 Å². The number of hydrogen-bond donors (Lipinski definition) is 4. The van der Waals surface area contributed by atoms with E-state index in [-0.39, 0.29) is 23.0 Å². The lowest BCUT2D eigenvalue weighted by atomic mass is 9.89. The maximum Gasteiger partial charge on any atom is 0.122 e. The second-order valence-electron chi connectivity index (χ2n) is 11.3. The zero-order valence-electron chi connectivity index (χ0n) is 24.4. The predicted octanol–water partition coefficient (Wildman–Crippen LogP) is 7.75. The van der Waals surface area contributed by atoms with Crippen molar-refractivity contribution in [3.8, 4) is 23.0 Å². The molecule has 4 N–H and O–H groups in total. The van der Waals surface area contributed by atoms with Crippen LogP contribution in [0.5, 0.6) is 23.0 Å². The first kappa shape index (κ1) is 28.1. The SMILES string of the molecule is Cc1cc(Cc2cc(C)cc(Cc3c(C)cc(C)c(C)c3O)c2O)c(O)c(Cc2c(C)cc(C)c(C)c2O)c1. The van der Waals surface area contributed by atoms with Gasteiger partial charge in [-0.05, 0) is 111 Å². The van der Waals surface area contributed by atoms with Crippen LogP contribution < -0.4 is 0 Å². The second kappa shape index (κ2) is 10.7. The van der Waals surface area contributed by atoms with Crippen LogP contribution in [0, 0.1) is 55.4 Å². The fourth-order valence-electron chi connectivity index (χ4n) is 5.68. The van der Waals surface area contributed by atoms with Crippen molar-refractivity contribution < 1.29 is 20.4 Å². The lowest BCUT2D eigenvalue weighted by Crippen LogP contribution is -2.02. The normalized spacial score (nSPS) is 11.3. The smallest absolute Gasteiger partial charge is 0.122 e. The first-order chi connectivity index (χ1) is 18.3. The average molecular weight is 525 g/mol. The molecule has 0 heterocycles. The van der Waals surface area contributed by atoms with E-state index in [9.17, 15) is 20.4 Å². The van der Waals surface area contributed by atoms with Gasteiger partial charge in [-0.25, -0.2) is 0 Å². The molecule has 0 amide bonds. The minimum Gasteiger partial charge on any atom is -0.507 e. The van der Waals surface area contributed by atoms with Gasteiger partial charge in [-0.2, -0.15) is 0 Å². The van der Waals surface area contributed by atoms with E-state index in [2.05, 4.69) is 12.1 Å². The van der Waals surface area contributed by atoms with Crippen molar-refractivity contribution >= 4 is 0 Å². The molecule has 0 saturated carbocycles. The summed E-state index contributed by atoms with van der Waals surface area (Å²) in [7, 11) is 0. The van der Waals surface area contributed by atoms with Gasteiger partial charge in [0.15, 0.2) is 0 Å². The molecule has 4 aromatic carbocycles. The molecular formula is C35H40O4. The summed E-state index contributed by atoms with van der Waals surface area (Å²) in [6.45, 7) is 15.7. The lowest BCUT2D eigenvalue weighted by molar-refractivity contribution is 0.453. The Bertz CT molecular complexity index is 1480. The van der Waals surface area contributed by atoms with Gasteiger partial charge in [-0.1, -0.05) is 47.5 Å². The van der Waals surface area contributed by atoms with Crippen LogP contribution in [-0.2, 0) is 19.3 Å². The van der Waals surface area contributed by atoms with E-state index in [1.54, 1.807) is 0 Å². The van der Waals surface area contributed by atoms with Gasteiger partial charge in [0.2, 0.25) is 0 Å². The summed E-state index contributed by atoms with van der Waals surface area (Å²) in [4.78, 5) is 0. The highest BCUT2D eigenvalue weighted by Crippen LogP contribution is 2.38. The quantitative estimate of drug-likeness (QED) is 0.208. The molecule has 4 nitrogen and oxygen atoms in total. The summed E-state index contributed by atoms with van der Waals surface area (Å²) < 4.78 is 0. The van der Waals surface area contributed by atoms with Gasteiger partial charge in [0.1, 0.15) is 23.0 Å². The van der Waals surface area contributed by atoms with Crippen molar-refractivity contribution in [2.75, 3.05) is 0 Å². The van der Waals surface area contributed by atoms with Gasteiger partial charge in [0.05, 0.1) is 0 Å². The van der Waals surface area contributed by atoms with Gasteiger partial charge < -0.3 is 20.4 Å². The molecule has 0 fully saturated rings. The van der Waals surface area contributed by atoms with Crippen molar-refractivity contribution in [3.05, 3.63) is 114 Å². The molecular weight excluding hydrogens is 484 g/mol. The monoisotopic (exact) mass is 524 g/mol. The van der Waals surface area contributed by atoms with E-state index >= 15 is 0 Å². The Kier molecular flexibility index (Phi) is 7.70. The Morgan fingerprint density at radius 3 is 1.03 bits per heavy atom. The van der Waals surface area contributed by atoms with Gasteiger partial charge in [0, 0.05) is 30.4 Å². The maximum absolute atomic E-state index is 11.3. The zero-order chi connectivity index (χ0) is 28.8. The van der Waals surface area contributed by atoms with Gasteiger partial charge in [0.25, 0.3) is 0 Å². The number of benzene rings is 4. The largest absolute Gasteiger partial charge is 0.507 e. The van der Waals surface area contributed by atoms with Crippen LogP contribution in [0.15, 0.2) is 36.4 Å². The number of rotatable bonds is 6. The molecule has 0 bridgehead atoms. The van der Waals surface area contributed by atoms with Crippen molar-refractivity contribution in [1.29, 1.82) is 0 Å². The Labute approximate surface area is 232 Å². The van der Waals surface area contributed by atoms with E-state index in [0.29, 0.717) is 19.3 Å². The van der Waals surface area contributed by atoms with E-state index in [0.717, 1.165) is 77.9 Å². The standard InChI is InChI=1S/C35H40O4/c1-18-9-26(34(38)28(11-18)16-30-22(5)13-20(3)24(7)32(30)36)15-27-10-19(2)12-29(35(27)39)17-31-23(6)14-21(4)25(8)33(31)37/h9-14,36-39H,15-17H2,1-8H3. The Morgan fingerprint density at radius 2 is 0.692 bits per heavy atom. The predicted molar refractivity (Wildman–Crippen MR) is 159 cm³/mol. The highest BCUT2D eigenvalue weighted by molar-refractivity contribution is 5.57. The summed E-state index contributed by atoms with van der Waals surface area (Å²) in [5, 5.41) is 44.4. The van der Waals surface area contributed by atoms with Gasteiger partial charge >= 0.3 is 0 Å². The molecule has 0 aliphatic rings. The summed E-state index contributed by atoms with van der Waals surface area (Å²) >= 11 is 0. The Hall–Kier alpha value is -3.92. The number of aryl methyl sites for hydroxylation is 6. The van der Waals surface area contributed by atoms with E-state index in [4.69, 9.17) is 0 Å². The molecule has 0 unspecified atom stereocenters. The summed E-state index contributed by atoms with van der Waals surface area (Å²) in [5.74, 6) is 0.923. The molecule has 4 heteroatoms. The highest BCUT2D eigenvalue weighted by atomic mass is 16.3. The minimum absolute atomic E-state index is 0.183. The van der Waals surface area contributed by atoms with Crippen molar-refractivity contribution in [1.82, 2.24) is 0 Å². The van der Waals surface area contributed by atoms with Crippen LogP contribution in [0.1, 0.15) is 77.9 Å². The van der Waals surface area contributed by atoms with E-state index in [1.165, 1.54) is 0 Å². The summed E-state index contributed by atoms with van der Waals surface area (Å²) in [6.07, 6.45) is 1.18. The molecule has 0 aromatic heterocycles. The van der Waals surface area contributed by atoms with Crippen molar-refractivity contribution in [2.24, 2.45) is 0 Å². The van der Waals surface area contributed by atoms with Crippen molar-refractivity contribution in [3.63, 3.8) is 0 Å². The molecule has 0 aliphatic heterocycles. The third-order valence-corrected chi connectivity index (χ3v) is 8.22. The van der Waals surface area contributed by atoms with Gasteiger partial charge in [-0.15, -0.1) is 0 Å². The van der Waals surface area contributed by atoms with E-state index in [1.807, 2.05) is 79.7 Å². The maximum atomic E-state index is 11.3. The molecule has 0 aliphatic carbocycles. The Morgan fingerprint density at radius 1 is 0.385 bits per heavy atom. The third kappa shape index (κ3) is 5.47. The fraction of sp³-hybridized carbons (Fsp3) is 0.314. The molecule has 4 aromatic rings. The number of aromatic hydroxyl groups is 4. The zero-order valence-corrected chi connectivity index (χ0v) is 24.4. The molecule has 204 valence electrons. The highest BCUT2D eigenvalue weighted by Gasteiger charge is 2.19. The number of hydrogen-bond acceptors (Lipinski definition) is 4. The molecule has 0 atom stereocenters. The minimum atomic E-state index is 0.183. The second-order valence-corrected chi connectivity index (χ2v) is 11.3. The summed E-state index contributed by atoms with van der Waals surface area (Å²) in [6, 6.07) is 12.0. The fourth-order valence-corrected chi connectivity index (χ4v) is 5.68. The lowest BCUT2D eigenvalue weighted by Gasteiger charge is -2.18. The Balaban J connectivity index is 1.72. The first-order valence-electron chi connectivity index (χ1n) is 13.5. The number of phenols is 4. The molecule has 0 radical (unpaired) electrons. The molecule has 0 spiro atoms. The molecule has 4 rings (SSSR count). The topological polar surface area (TPSA) is 80.9 Å². The summed E-state index contributed by atoms with van der Waals surface area (Å²) in [5.41, 5.74) is 12.3. The van der Waals surface area contributed by atoms with Gasteiger partial charge in [-0.3, -0.25) is 0 Å². The van der Waals surface area contributed by atoms with Crippen LogP contribution in [-0.4, -0.2) is 20.4 Å². The van der Waals surface area contributed by atoms with Crippen LogP contribution in [0.4, 0.5) is 0 Å². The third-order valence-electron chi connectivity index (χ3n) is 8.22.